The van der Waals surface area contributed by atoms with Gasteiger partial charge in [0, 0.05) is 5.69 Å². The van der Waals surface area contributed by atoms with Gasteiger partial charge in [-0.1, -0.05) is 11.6 Å². The maximum Gasteiger partial charge on any atom is 0.226 e. The normalized spacial score (nSPS) is 15.2. The molecule has 1 aliphatic rings. The fraction of sp³-hybridized carbons (Fsp3) is 0.462. The summed E-state index contributed by atoms with van der Waals surface area (Å²) in [6.45, 7) is 0.472. The number of nitrogens with one attached hydrogen (secondary N) is 1. The van der Waals surface area contributed by atoms with Gasteiger partial charge in [-0.3, -0.25) is 4.79 Å². The van der Waals surface area contributed by atoms with E-state index in [0.717, 1.165) is 12.8 Å². The van der Waals surface area contributed by atoms with Crippen LogP contribution in [0.2, 0.25) is 5.02 Å². The molecule has 0 aliphatic heterocycles. The Balaban J connectivity index is 1.73. The summed E-state index contributed by atoms with van der Waals surface area (Å²) < 4.78 is 5.52. The summed E-state index contributed by atoms with van der Waals surface area (Å²) in [5.74, 6) is -0.0731. The molecular weight excluding hydrogens is 252 g/mol. The highest BCUT2D eigenvalue weighted by atomic mass is 35.5. The SMILES string of the molecule is Nc1cc(NC(=O)CCOC2CCC2)ccc1Cl. The quantitative estimate of drug-likeness (QED) is 0.807. The molecule has 4 nitrogen and oxygen atoms in total. The van der Waals surface area contributed by atoms with Crippen LogP contribution in [0, 0.1) is 0 Å². The third-order valence-electron chi connectivity index (χ3n) is 3.01. The van der Waals surface area contributed by atoms with E-state index in [-0.39, 0.29) is 5.91 Å². The number of amides is 1. The summed E-state index contributed by atoms with van der Waals surface area (Å²) in [5.41, 5.74) is 6.77. The molecule has 0 unspecified atom stereocenters. The summed E-state index contributed by atoms with van der Waals surface area (Å²) in [5, 5.41) is 3.25. The Kier molecular flexibility index (Phi) is 4.44. The number of benzene rings is 1. The molecule has 2 rings (SSSR count). The lowest BCUT2D eigenvalue weighted by molar-refractivity contribution is -0.118. The molecule has 1 amide bonds. The molecule has 0 saturated heterocycles. The van der Waals surface area contributed by atoms with Crippen molar-refractivity contribution in [1.29, 1.82) is 0 Å². The number of hydrogen-bond acceptors (Lipinski definition) is 3. The minimum atomic E-state index is -0.0731. The van der Waals surface area contributed by atoms with Crippen molar-refractivity contribution < 1.29 is 9.53 Å². The molecule has 0 bridgehead atoms. The van der Waals surface area contributed by atoms with Gasteiger partial charge in [-0.05, 0) is 37.5 Å². The summed E-state index contributed by atoms with van der Waals surface area (Å²) in [4.78, 5) is 11.6. The first-order valence-electron chi connectivity index (χ1n) is 6.11. The molecule has 0 heterocycles. The Morgan fingerprint density at radius 3 is 2.89 bits per heavy atom. The van der Waals surface area contributed by atoms with Gasteiger partial charge < -0.3 is 15.8 Å². The average Bonchev–Trinajstić information content (AvgIpc) is 2.27. The van der Waals surface area contributed by atoms with Crippen LogP contribution in [-0.2, 0) is 9.53 Å². The van der Waals surface area contributed by atoms with Crippen molar-refractivity contribution in [2.24, 2.45) is 0 Å². The molecule has 1 aromatic rings. The lowest BCUT2D eigenvalue weighted by Gasteiger charge is -2.25. The van der Waals surface area contributed by atoms with Gasteiger partial charge in [0.1, 0.15) is 0 Å². The number of halogens is 1. The largest absolute Gasteiger partial charge is 0.397 e. The predicted molar refractivity (Wildman–Crippen MR) is 72.7 cm³/mol. The summed E-state index contributed by atoms with van der Waals surface area (Å²) in [7, 11) is 0. The number of rotatable bonds is 5. The van der Waals surface area contributed by atoms with Crippen molar-refractivity contribution >= 4 is 28.9 Å². The maximum absolute atomic E-state index is 11.6. The van der Waals surface area contributed by atoms with Crippen LogP contribution in [0.4, 0.5) is 11.4 Å². The van der Waals surface area contributed by atoms with Gasteiger partial charge in [0.25, 0.3) is 0 Å². The molecule has 0 atom stereocenters. The first kappa shape index (κ1) is 13.2. The molecule has 1 fully saturated rings. The minimum absolute atomic E-state index is 0.0731. The second-order valence-corrected chi connectivity index (χ2v) is 4.87. The maximum atomic E-state index is 11.6. The van der Waals surface area contributed by atoms with E-state index in [0.29, 0.717) is 35.5 Å². The fourth-order valence-corrected chi connectivity index (χ4v) is 1.82. The van der Waals surface area contributed by atoms with Crippen LogP contribution in [0.1, 0.15) is 25.7 Å². The summed E-state index contributed by atoms with van der Waals surface area (Å²) >= 11 is 5.80. The Labute approximate surface area is 111 Å². The van der Waals surface area contributed by atoms with Crippen LogP contribution in [0.25, 0.3) is 0 Å². The highest BCUT2D eigenvalue weighted by Crippen LogP contribution is 2.23. The van der Waals surface area contributed by atoms with Crippen molar-refractivity contribution in [2.45, 2.75) is 31.8 Å². The molecule has 0 radical (unpaired) electrons. The van der Waals surface area contributed by atoms with Crippen LogP contribution in [0.15, 0.2) is 18.2 Å². The van der Waals surface area contributed by atoms with Crippen LogP contribution >= 0.6 is 11.6 Å². The molecule has 18 heavy (non-hydrogen) atoms. The van der Waals surface area contributed by atoms with Crippen LogP contribution < -0.4 is 11.1 Å². The number of nitrogens with two attached hydrogens (primary N) is 1. The van der Waals surface area contributed by atoms with Gasteiger partial charge >= 0.3 is 0 Å². The van der Waals surface area contributed by atoms with E-state index in [1.54, 1.807) is 18.2 Å². The number of nitrogen functional groups attached to an aromatic ring is 1. The van der Waals surface area contributed by atoms with E-state index in [1.165, 1.54) is 6.42 Å². The fourth-order valence-electron chi connectivity index (χ4n) is 1.70. The average molecular weight is 269 g/mol. The number of ether oxygens (including phenoxy) is 1. The van der Waals surface area contributed by atoms with E-state index < -0.39 is 0 Å². The number of anilines is 2. The first-order valence-corrected chi connectivity index (χ1v) is 6.49. The van der Waals surface area contributed by atoms with Gasteiger partial charge in [0.2, 0.25) is 5.91 Å². The Morgan fingerprint density at radius 2 is 2.28 bits per heavy atom. The van der Waals surface area contributed by atoms with Crippen molar-refractivity contribution in [2.75, 3.05) is 17.7 Å². The van der Waals surface area contributed by atoms with Gasteiger partial charge in [0.05, 0.1) is 29.8 Å². The number of carbonyl (C=O) groups is 1. The molecule has 0 spiro atoms. The predicted octanol–water partition coefficient (Wildman–Crippen LogP) is 2.82. The summed E-state index contributed by atoms with van der Waals surface area (Å²) in [6, 6.07) is 5.04. The lowest BCUT2D eigenvalue weighted by Crippen LogP contribution is -2.24. The third-order valence-corrected chi connectivity index (χ3v) is 3.36. The van der Waals surface area contributed by atoms with E-state index in [4.69, 9.17) is 22.1 Å². The van der Waals surface area contributed by atoms with Gasteiger partial charge in [-0.15, -0.1) is 0 Å². The smallest absolute Gasteiger partial charge is 0.226 e. The lowest BCUT2D eigenvalue weighted by atomic mass is 9.96. The summed E-state index contributed by atoms with van der Waals surface area (Å²) in [6.07, 6.45) is 4.20. The van der Waals surface area contributed by atoms with E-state index in [9.17, 15) is 4.79 Å². The molecule has 98 valence electrons. The molecule has 3 N–H and O–H groups in total. The molecule has 5 heteroatoms. The van der Waals surface area contributed by atoms with E-state index >= 15 is 0 Å². The zero-order chi connectivity index (χ0) is 13.0. The zero-order valence-corrected chi connectivity index (χ0v) is 10.9. The number of hydrogen-bond donors (Lipinski definition) is 2. The zero-order valence-electron chi connectivity index (χ0n) is 10.1. The molecule has 1 aromatic carbocycles. The van der Waals surface area contributed by atoms with E-state index in [2.05, 4.69) is 5.32 Å². The molecule has 0 aromatic heterocycles. The van der Waals surface area contributed by atoms with Gasteiger partial charge in [-0.2, -0.15) is 0 Å². The second kappa shape index (κ2) is 6.07. The monoisotopic (exact) mass is 268 g/mol. The Hall–Kier alpha value is -1.26. The van der Waals surface area contributed by atoms with Crippen molar-refractivity contribution in [1.82, 2.24) is 0 Å². The minimum Gasteiger partial charge on any atom is -0.397 e. The first-order chi connectivity index (χ1) is 8.65. The third kappa shape index (κ3) is 3.62. The standard InChI is InChI=1S/C13H17ClN2O2/c14-11-5-4-9(8-12(11)15)16-13(17)6-7-18-10-2-1-3-10/h4-5,8,10H,1-3,6-7,15H2,(H,16,17). The molecule has 1 saturated carbocycles. The Morgan fingerprint density at radius 1 is 1.50 bits per heavy atom. The van der Waals surface area contributed by atoms with Crippen molar-refractivity contribution in [3.05, 3.63) is 23.2 Å². The van der Waals surface area contributed by atoms with Crippen molar-refractivity contribution in [3.8, 4) is 0 Å². The highest BCUT2D eigenvalue weighted by Gasteiger charge is 2.17. The molecule has 1 aliphatic carbocycles. The van der Waals surface area contributed by atoms with Gasteiger partial charge in [-0.25, -0.2) is 0 Å². The van der Waals surface area contributed by atoms with Crippen LogP contribution in [-0.4, -0.2) is 18.6 Å². The van der Waals surface area contributed by atoms with Crippen LogP contribution in [0.5, 0.6) is 0 Å². The topological polar surface area (TPSA) is 64.3 Å². The van der Waals surface area contributed by atoms with Crippen LogP contribution in [0.3, 0.4) is 0 Å². The Bertz CT molecular complexity index is 433. The van der Waals surface area contributed by atoms with E-state index in [1.807, 2.05) is 0 Å². The van der Waals surface area contributed by atoms with Gasteiger partial charge in [0.15, 0.2) is 0 Å². The van der Waals surface area contributed by atoms with Crippen molar-refractivity contribution in [3.63, 3.8) is 0 Å². The second-order valence-electron chi connectivity index (χ2n) is 4.46. The number of carbonyl (C=O) groups excluding carboxylic acids is 1. The highest BCUT2D eigenvalue weighted by molar-refractivity contribution is 6.33. The molecular formula is C13H17ClN2O2.